The molecule has 4 saturated heterocycles. The molecule has 3 aromatic carbocycles. The van der Waals surface area contributed by atoms with E-state index in [0.29, 0.717) is 54.5 Å². The molecule has 0 unspecified atom stereocenters. The van der Waals surface area contributed by atoms with Crippen molar-refractivity contribution in [2.24, 2.45) is 5.41 Å². The first kappa shape index (κ1) is 46.4. The molecule has 68 heavy (non-hydrogen) atoms. The summed E-state index contributed by atoms with van der Waals surface area (Å²) in [5.74, 6) is -4.55. The Bertz CT molecular complexity index is 2940. The summed E-state index contributed by atoms with van der Waals surface area (Å²) in [6, 6.07) is 16.3. The molecular formula is C47H47F3N8O9S. The number of nitrogens with zero attached hydrogens (tertiary/aromatic N) is 5. The predicted octanol–water partition coefficient (Wildman–Crippen LogP) is 4.02. The zero-order valence-electron chi connectivity index (χ0n) is 36.5. The summed E-state index contributed by atoms with van der Waals surface area (Å²) >= 11 is 0. The Morgan fingerprint density at radius 1 is 1.00 bits per heavy atom. The number of pyridine rings is 1. The lowest BCUT2D eigenvalue weighted by molar-refractivity contribution is -0.137. The van der Waals surface area contributed by atoms with E-state index in [2.05, 4.69) is 25.1 Å². The van der Waals surface area contributed by atoms with Crippen molar-refractivity contribution >= 4 is 62.6 Å². The Morgan fingerprint density at radius 2 is 1.75 bits per heavy atom. The van der Waals surface area contributed by atoms with E-state index in [1.807, 2.05) is 41.1 Å². The Labute approximate surface area is 388 Å². The Hall–Kier alpha value is -6.68. The molecule has 356 valence electrons. The fourth-order valence-electron chi connectivity index (χ4n) is 9.98. The van der Waals surface area contributed by atoms with Gasteiger partial charge in [-0.1, -0.05) is 24.3 Å². The number of benzene rings is 3. The van der Waals surface area contributed by atoms with Crippen molar-refractivity contribution in [3.63, 3.8) is 0 Å². The third-order valence-electron chi connectivity index (χ3n) is 13.3. The second-order valence-corrected chi connectivity index (χ2v) is 19.7. The van der Waals surface area contributed by atoms with E-state index >= 15 is 8.78 Å². The molecule has 5 N–H and O–H groups in total. The Morgan fingerprint density at radius 3 is 2.46 bits per heavy atom. The predicted molar refractivity (Wildman–Crippen MR) is 242 cm³/mol. The number of imide groups is 1. The highest BCUT2D eigenvalue weighted by molar-refractivity contribution is 7.90. The van der Waals surface area contributed by atoms with E-state index in [0.717, 1.165) is 65.0 Å². The van der Waals surface area contributed by atoms with Gasteiger partial charge in [-0.3, -0.25) is 38.9 Å². The number of amides is 3. The summed E-state index contributed by atoms with van der Waals surface area (Å²) in [6.45, 7) is 3.64. The minimum Gasteiger partial charge on any atom is -0.483 e. The quantitative estimate of drug-likeness (QED) is 0.0642. The van der Waals surface area contributed by atoms with Crippen molar-refractivity contribution in [3.05, 3.63) is 113 Å². The van der Waals surface area contributed by atoms with Crippen LogP contribution in [0.1, 0.15) is 63.1 Å². The zero-order chi connectivity index (χ0) is 48.1. The van der Waals surface area contributed by atoms with Crippen molar-refractivity contribution in [2.75, 3.05) is 55.4 Å². The maximum absolute atomic E-state index is 15.7. The van der Waals surface area contributed by atoms with Crippen molar-refractivity contribution in [2.45, 2.75) is 57.0 Å². The molecule has 21 heteroatoms. The van der Waals surface area contributed by atoms with E-state index < -0.39 is 69.6 Å². The average Bonchev–Trinajstić information content (AvgIpc) is 4.01. The van der Waals surface area contributed by atoms with E-state index in [9.17, 15) is 37.1 Å². The van der Waals surface area contributed by atoms with E-state index in [1.54, 1.807) is 18.3 Å². The molecule has 5 aliphatic heterocycles. The number of carbonyl (C=O) groups is 5. The number of rotatable bonds is 13. The minimum absolute atomic E-state index is 0.00233. The average molecular weight is 957 g/mol. The number of anilines is 2. The van der Waals surface area contributed by atoms with E-state index in [1.165, 1.54) is 11.1 Å². The third-order valence-corrected chi connectivity index (χ3v) is 14.8. The lowest BCUT2D eigenvalue weighted by Gasteiger charge is -2.61. The van der Waals surface area contributed by atoms with Gasteiger partial charge in [0.15, 0.2) is 5.82 Å². The summed E-state index contributed by atoms with van der Waals surface area (Å²) in [5, 5.41) is 20.5. The van der Waals surface area contributed by atoms with Crippen LogP contribution in [0.15, 0.2) is 73.1 Å². The molecule has 0 radical (unpaired) electrons. The van der Waals surface area contributed by atoms with Crippen LogP contribution in [0.4, 0.5) is 24.5 Å². The van der Waals surface area contributed by atoms with Gasteiger partial charge in [0.05, 0.1) is 17.4 Å². The molecule has 7 heterocycles. The molecule has 10 rings (SSSR count). The van der Waals surface area contributed by atoms with Gasteiger partial charge >= 0.3 is 10.2 Å². The molecule has 0 bridgehead atoms. The molecule has 17 nitrogen and oxygen atoms in total. The number of aliphatic hydroxyl groups excluding tert-OH is 1. The number of carbonyl (C=O) groups excluding carboxylic acids is 4. The van der Waals surface area contributed by atoms with Crippen LogP contribution in [0, 0.1) is 17.0 Å². The normalized spacial score (nSPS) is 20.6. The standard InChI is InChI=1S/C46H45F3N8O7S.CH2O2/c47-30-13-14-56(20-30)65(63,64)53-37-10-9-36(48)40(41(37)49)42(60)35-18-51-43-34(35)16-28(17-50-43)27-3-5-31(6-4-27)55-24-46(25-55)22-54(23-46)21-32(58)7-1-26-2-8-33-29(15-26)19-57(45(33)62)38-11-12-39(59)52-44(38)61;2-1-3/h2-6,8-10,15-18,30,32,38,53,58H,1,7,11-14,19-25H2,(H,50,51)(H,52,59,61);1H,(H,2,3)/t30-,32+,38-;/m1./s1. The summed E-state index contributed by atoms with van der Waals surface area (Å²) in [4.78, 5) is 72.5. The number of fused-ring (bicyclic) bond motifs is 2. The summed E-state index contributed by atoms with van der Waals surface area (Å²) in [7, 11) is -4.36. The van der Waals surface area contributed by atoms with Crippen LogP contribution >= 0.6 is 0 Å². The number of halogens is 3. The highest BCUT2D eigenvalue weighted by Crippen LogP contribution is 2.42. The largest absolute Gasteiger partial charge is 0.483 e. The number of likely N-dealkylation sites (tertiary alicyclic amines) is 1. The molecule has 0 saturated carbocycles. The van der Waals surface area contributed by atoms with Gasteiger partial charge in [0.25, 0.3) is 12.4 Å². The molecule has 5 aromatic rings. The fraction of sp³-hybridized carbons (Fsp3) is 0.362. The fourth-order valence-corrected chi connectivity index (χ4v) is 11.2. The smallest absolute Gasteiger partial charge is 0.301 e. The maximum atomic E-state index is 15.7. The number of piperidine rings is 1. The number of aryl methyl sites for hydroxylation is 1. The number of aromatic nitrogens is 2. The topological polar surface area (TPSA) is 226 Å². The highest BCUT2D eigenvalue weighted by atomic mass is 32.2. The maximum Gasteiger partial charge on any atom is 0.301 e. The number of H-pyrrole nitrogens is 1. The van der Waals surface area contributed by atoms with Gasteiger partial charge in [-0.2, -0.15) is 12.7 Å². The number of aromatic amines is 1. The van der Waals surface area contributed by atoms with Crippen LogP contribution in [-0.2, 0) is 37.6 Å². The number of aliphatic hydroxyl groups is 1. The van der Waals surface area contributed by atoms with Gasteiger partial charge in [-0.05, 0) is 78.8 Å². The SMILES string of the molecule is O=C1CC[C@@H](N2Cc3cc(CC[C@H](O)CN4CC5(C4)CN(c4ccc(-c6cnc7[nH]cc(C(=O)c8c(F)ccc(NS(=O)(=O)N9CC[C@@H](F)C9)c8F)c7c6)cc4)C5)ccc3C2=O)C(=O)N1.O=CO. The first-order valence-electron chi connectivity index (χ1n) is 22.1. The number of alkyl halides is 1. The van der Waals surface area contributed by atoms with E-state index in [4.69, 9.17) is 9.90 Å². The van der Waals surface area contributed by atoms with Crippen molar-refractivity contribution in [1.82, 2.24) is 29.4 Å². The number of ketones is 1. The molecule has 3 amide bonds. The lowest BCUT2D eigenvalue weighted by Crippen LogP contribution is -2.72. The van der Waals surface area contributed by atoms with Gasteiger partial charge in [-0.25, -0.2) is 18.2 Å². The molecule has 2 aromatic heterocycles. The van der Waals surface area contributed by atoms with Crippen LogP contribution in [0.2, 0.25) is 0 Å². The number of hydrogen-bond acceptors (Lipinski definition) is 11. The van der Waals surface area contributed by atoms with Crippen LogP contribution in [0.5, 0.6) is 0 Å². The van der Waals surface area contributed by atoms with Gasteiger partial charge in [0, 0.05) is 104 Å². The van der Waals surface area contributed by atoms with Crippen LogP contribution in [0.25, 0.3) is 22.2 Å². The number of hydrogen-bond donors (Lipinski definition) is 5. The Kier molecular flexibility index (Phi) is 12.6. The van der Waals surface area contributed by atoms with Gasteiger partial charge < -0.3 is 25.0 Å². The van der Waals surface area contributed by atoms with Gasteiger partial charge in [-0.15, -0.1) is 0 Å². The highest BCUT2D eigenvalue weighted by Gasteiger charge is 2.51. The molecule has 0 aliphatic carbocycles. The number of β-amino-alcohol motifs (C(OH)–C–C–N with tert-alkyl or cyclic N) is 1. The van der Waals surface area contributed by atoms with Crippen LogP contribution < -0.4 is 14.9 Å². The first-order valence-corrected chi connectivity index (χ1v) is 23.5. The molecule has 1 spiro atoms. The summed E-state index contributed by atoms with van der Waals surface area (Å²) in [5.41, 5.74) is 3.75. The molecule has 3 atom stereocenters. The second-order valence-electron chi connectivity index (χ2n) is 18.0. The van der Waals surface area contributed by atoms with Gasteiger partial charge in [0.2, 0.25) is 17.6 Å². The monoisotopic (exact) mass is 956 g/mol. The number of carboxylic acid groups (broad SMARTS) is 1. The minimum atomic E-state index is -4.36. The molecular weight excluding hydrogens is 910 g/mol. The van der Waals surface area contributed by atoms with Crippen molar-refractivity contribution in [1.29, 1.82) is 0 Å². The first-order chi connectivity index (χ1) is 32.5. The number of nitrogens with one attached hydrogen (secondary N) is 3. The lowest BCUT2D eigenvalue weighted by atomic mass is 9.72. The second kappa shape index (κ2) is 18.4. The zero-order valence-corrected chi connectivity index (χ0v) is 37.3. The Balaban J connectivity index is 0.00000188. The van der Waals surface area contributed by atoms with Crippen LogP contribution in [0.3, 0.4) is 0 Å². The van der Waals surface area contributed by atoms with Crippen molar-refractivity contribution < 1.29 is 55.8 Å². The molecule has 4 fully saturated rings. The van der Waals surface area contributed by atoms with Crippen molar-refractivity contribution in [3.8, 4) is 11.1 Å². The summed E-state index contributed by atoms with van der Waals surface area (Å²) < 4.78 is 73.0. The van der Waals surface area contributed by atoms with Gasteiger partial charge in [0.1, 0.15) is 23.7 Å². The van der Waals surface area contributed by atoms with Crippen LogP contribution in [-0.4, -0.2) is 137 Å². The third kappa shape index (κ3) is 9.05. The van der Waals surface area contributed by atoms with E-state index in [-0.39, 0.29) is 48.7 Å². The summed E-state index contributed by atoms with van der Waals surface area (Å²) in [6.07, 6.45) is 2.78. The molecule has 5 aliphatic rings.